The minimum Gasteiger partial charge on any atom is -0.493 e. The van der Waals surface area contributed by atoms with E-state index in [0.29, 0.717) is 28.1 Å². The Labute approximate surface area is 142 Å². The maximum absolute atomic E-state index is 6.34. The van der Waals surface area contributed by atoms with Gasteiger partial charge in [0.1, 0.15) is 0 Å². The van der Waals surface area contributed by atoms with Crippen molar-refractivity contribution in [3.8, 4) is 11.5 Å². The highest BCUT2D eigenvalue weighted by Crippen LogP contribution is 2.37. The molecular formula is C15H14BrCl2NO2. The molecule has 2 aromatic carbocycles. The van der Waals surface area contributed by atoms with Crippen LogP contribution in [0.3, 0.4) is 0 Å². The zero-order valence-corrected chi connectivity index (χ0v) is 14.6. The van der Waals surface area contributed by atoms with Gasteiger partial charge in [-0.25, -0.2) is 0 Å². The van der Waals surface area contributed by atoms with E-state index in [1.807, 2.05) is 30.3 Å². The van der Waals surface area contributed by atoms with E-state index in [9.17, 15) is 0 Å². The summed E-state index contributed by atoms with van der Waals surface area (Å²) in [4.78, 5) is 0. The molecular weight excluding hydrogens is 377 g/mol. The van der Waals surface area contributed by atoms with Crippen LogP contribution in [0.25, 0.3) is 0 Å². The highest BCUT2D eigenvalue weighted by molar-refractivity contribution is 9.10. The van der Waals surface area contributed by atoms with Gasteiger partial charge in [0, 0.05) is 11.0 Å². The molecule has 0 radical (unpaired) electrons. The first-order valence-electron chi connectivity index (χ1n) is 6.15. The summed E-state index contributed by atoms with van der Waals surface area (Å²) in [5, 5.41) is 4.42. The standard InChI is InChI=1S/C15H14BrCl2NO2/c1-20-13-6-3-9(14(18)15(13)21-2)8-19-12-5-4-10(16)7-11(12)17/h3-7,19H,8H2,1-2H3. The topological polar surface area (TPSA) is 30.5 Å². The van der Waals surface area contributed by atoms with Gasteiger partial charge < -0.3 is 14.8 Å². The summed E-state index contributed by atoms with van der Waals surface area (Å²) in [5.74, 6) is 1.13. The van der Waals surface area contributed by atoms with Crippen molar-refractivity contribution in [3.05, 3.63) is 50.4 Å². The summed E-state index contributed by atoms with van der Waals surface area (Å²) in [5.41, 5.74) is 1.74. The van der Waals surface area contributed by atoms with Crippen molar-refractivity contribution in [2.24, 2.45) is 0 Å². The van der Waals surface area contributed by atoms with Gasteiger partial charge in [-0.3, -0.25) is 0 Å². The van der Waals surface area contributed by atoms with Crippen molar-refractivity contribution in [2.75, 3.05) is 19.5 Å². The number of nitrogens with one attached hydrogen (secondary N) is 1. The van der Waals surface area contributed by atoms with Gasteiger partial charge in [-0.2, -0.15) is 0 Å². The van der Waals surface area contributed by atoms with Crippen molar-refractivity contribution >= 4 is 44.8 Å². The molecule has 21 heavy (non-hydrogen) atoms. The molecule has 0 atom stereocenters. The van der Waals surface area contributed by atoms with Crippen LogP contribution in [0.2, 0.25) is 10.0 Å². The summed E-state index contributed by atoms with van der Waals surface area (Å²) < 4.78 is 11.4. The van der Waals surface area contributed by atoms with Crippen molar-refractivity contribution in [3.63, 3.8) is 0 Å². The second-order valence-electron chi connectivity index (χ2n) is 4.25. The first-order chi connectivity index (χ1) is 10.1. The highest BCUT2D eigenvalue weighted by atomic mass is 79.9. The molecule has 0 unspecified atom stereocenters. The van der Waals surface area contributed by atoms with Gasteiger partial charge in [0.2, 0.25) is 0 Å². The van der Waals surface area contributed by atoms with Crippen LogP contribution in [-0.4, -0.2) is 14.2 Å². The van der Waals surface area contributed by atoms with E-state index in [0.717, 1.165) is 15.7 Å². The molecule has 1 N–H and O–H groups in total. The zero-order valence-electron chi connectivity index (χ0n) is 11.5. The van der Waals surface area contributed by atoms with Crippen LogP contribution >= 0.6 is 39.1 Å². The molecule has 0 aromatic heterocycles. The number of benzene rings is 2. The molecule has 0 amide bonds. The van der Waals surface area contributed by atoms with Gasteiger partial charge in [0.15, 0.2) is 11.5 Å². The highest BCUT2D eigenvalue weighted by Gasteiger charge is 2.13. The first-order valence-corrected chi connectivity index (χ1v) is 7.70. The van der Waals surface area contributed by atoms with E-state index in [4.69, 9.17) is 32.7 Å². The summed E-state index contributed by atoms with van der Waals surface area (Å²) >= 11 is 15.9. The molecule has 0 spiro atoms. The molecule has 0 aliphatic heterocycles. The van der Waals surface area contributed by atoms with Crippen LogP contribution in [0.5, 0.6) is 11.5 Å². The van der Waals surface area contributed by atoms with Crippen molar-refractivity contribution in [1.82, 2.24) is 0 Å². The van der Waals surface area contributed by atoms with Gasteiger partial charge in [0.05, 0.1) is 30.0 Å². The van der Waals surface area contributed by atoms with E-state index in [1.54, 1.807) is 14.2 Å². The summed E-state index contributed by atoms with van der Waals surface area (Å²) in [7, 11) is 3.14. The van der Waals surface area contributed by atoms with Crippen LogP contribution in [-0.2, 0) is 6.54 Å². The number of rotatable bonds is 5. The lowest BCUT2D eigenvalue weighted by molar-refractivity contribution is 0.355. The number of hydrogen-bond donors (Lipinski definition) is 1. The predicted molar refractivity (Wildman–Crippen MR) is 91.0 cm³/mol. The first kappa shape index (κ1) is 16.3. The number of methoxy groups -OCH3 is 2. The lowest BCUT2D eigenvalue weighted by Crippen LogP contribution is -2.02. The van der Waals surface area contributed by atoms with Gasteiger partial charge in [-0.15, -0.1) is 0 Å². The third-order valence-electron chi connectivity index (χ3n) is 2.97. The second-order valence-corrected chi connectivity index (χ2v) is 5.95. The average Bonchev–Trinajstić information content (AvgIpc) is 2.47. The minimum absolute atomic E-state index is 0.526. The van der Waals surface area contributed by atoms with Gasteiger partial charge in [0.25, 0.3) is 0 Å². The van der Waals surface area contributed by atoms with Crippen LogP contribution in [0.15, 0.2) is 34.8 Å². The van der Waals surface area contributed by atoms with Crippen LogP contribution < -0.4 is 14.8 Å². The molecule has 0 saturated carbocycles. The van der Waals surface area contributed by atoms with E-state index in [1.165, 1.54) is 0 Å². The Bertz CT molecular complexity index is 650. The Morgan fingerprint density at radius 1 is 1.10 bits per heavy atom. The SMILES string of the molecule is COc1ccc(CNc2ccc(Br)cc2Cl)c(Cl)c1OC. The number of ether oxygens (including phenoxy) is 2. The molecule has 0 heterocycles. The fourth-order valence-electron chi connectivity index (χ4n) is 1.89. The third kappa shape index (κ3) is 3.76. The molecule has 0 aliphatic rings. The van der Waals surface area contributed by atoms with Gasteiger partial charge in [-0.05, 0) is 29.8 Å². The van der Waals surface area contributed by atoms with Crippen LogP contribution in [0, 0.1) is 0 Å². The molecule has 3 nitrogen and oxygen atoms in total. The predicted octanol–water partition coefficient (Wildman–Crippen LogP) is 5.39. The molecule has 0 bridgehead atoms. The maximum atomic E-state index is 6.34. The molecule has 0 aliphatic carbocycles. The molecule has 6 heteroatoms. The molecule has 2 aromatic rings. The third-order valence-corrected chi connectivity index (χ3v) is 4.19. The summed E-state index contributed by atoms with van der Waals surface area (Å²) in [6.07, 6.45) is 0. The fourth-order valence-corrected chi connectivity index (χ4v) is 2.93. The van der Waals surface area contributed by atoms with E-state index < -0.39 is 0 Å². The van der Waals surface area contributed by atoms with Gasteiger partial charge >= 0.3 is 0 Å². The Kier molecular flexibility index (Phi) is 5.62. The Morgan fingerprint density at radius 3 is 2.48 bits per heavy atom. The maximum Gasteiger partial charge on any atom is 0.179 e. The monoisotopic (exact) mass is 389 g/mol. The lowest BCUT2D eigenvalue weighted by atomic mass is 10.2. The molecule has 2 rings (SSSR count). The smallest absolute Gasteiger partial charge is 0.179 e. The quantitative estimate of drug-likeness (QED) is 0.742. The summed E-state index contributed by atoms with van der Waals surface area (Å²) in [6.45, 7) is 0.528. The van der Waals surface area contributed by atoms with Crippen molar-refractivity contribution < 1.29 is 9.47 Å². The largest absolute Gasteiger partial charge is 0.493 e. The lowest BCUT2D eigenvalue weighted by Gasteiger charge is -2.14. The normalized spacial score (nSPS) is 10.3. The van der Waals surface area contributed by atoms with E-state index in [2.05, 4.69) is 21.2 Å². The minimum atomic E-state index is 0.526. The van der Waals surface area contributed by atoms with E-state index in [-0.39, 0.29) is 0 Å². The Balaban J connectivity index is 2.20. The van der Waals surface area contributed by atoms with E-state index >= 15 is 0 Å². The molecule has 0 saturated heterocycles. The molecule has 0 fully saturated rings. The summed E-state index contributed by atoms with van der Waals surface area (Å²) in [6, 6.07) is 9.37. The Hall–Kier alpha value is -1.10. The second kappa shape index (κ2) is 7.25. The van der Waals surface area contributed by atoms with Crippen LogP contribution in [0.1, 0.15) is 5.56 Å². The van der Waals surface area contributed by atoms with Crippen LogP contribution in [0.4, 0.5) is 5.69 Å². The number of halogens is 3. The number of anilines is 1. The molecule has 112 valence electrons. The fraction of sp³-hybridized carbons (Fsp3) is 0.200. The van der Waals surface area contributed by atoms with Crippen molar-refractivity contribution in [2.45, 2.75) is 6.54 Å². The van der Waals surface area contributed by atoms with Gasteiger partial charge in [-0.1, -0.05) is 45.2 Å². The number of hydrogen-bond acceptors (Lipinski definition) is 3. The van der Waals surface area contributed by atoms with Crippen molar-refractivity contribution in [1.29, 1.82) is 0 Å². The average molecular weight is 391 g/mol. The zero-order chi connectivity index (χ0) is 15.4. The Morgan fingerprint density at radius 2 is 1.86 bits per heavy atom.